The van der Waals surface area contributed by atoms with Gasteiger partial charge in [-0.2, -0.15) is 5.10 Å². The summed E-state index contributed by atoms with van der Waals surface area (Å²) in [7, 11) is 0. The van der Waals surface area contributed by atoms with Crippen molar-refractivity contribution in [2.24, 2.45) is 0 Å². The SMILES string of the molecule is Cc1cc2nc(NCC3(c4ccc(F)cc4)CCOCC3)c3ccccc3n2n1. The number of nitrogens with zero attached hydrogens (tertiary/aromatic N) is 3. The average Bonchev–Trinajstić information content (AvgIpc) is 3.13. The van der Waals surface area contributed by atoms with E-state index in [1.54, 1.807) is 12.1 Å². The minimum Gasteiger partial charge on any atom is -0.381 e. The molecule has 4 aromatic rings. The Balaban J connectivity index is 1.54. The van der Waals surface area contributed by atoms with Crippen molar-refractivity contribution in [3.05, 3.63) is 71.7 Å². The molecule has 0 atom stereocenters. The standard InChI is InChI=1S/C23H23FN4O/c1-16-14-21-26-22(19-4-2-3-5-20(19)28(21)27-16)25-15-23(10-12-29-13-11-23)17-6-8-18(24)9-7-17/h2-9,14H,10-13,15H2,1H3,(H,25,26). The van der Waals surface area contributed by atoms with Crippen LogP contribution in [0.2, 0.25) is 0 Å². The van der Waals surface area contributed by atoms with Gasteiger partial charge in [0.25, 0.3) is 0 Å². The summed E-state index contributed by atoms with van der Waals surface area (Å²) in [5, 5.41) is 9.22. The number of para-hydroxylation sites is 1. The van der Waals surface area contributed by atoms with Gasteiger partial charge in [-0.25, -0.2) is 13.9 Å². The van der Waals surface area contributed by atoms with Gasteiger partial charge in [0.1, 0.15) is 11.6 Å². The van der Waals surface area contributed by atoms with Crippen LogP contribution in [0, 0.1) is 12.7 Å². The van der Waals surface area contributed by atoms with Crippen LogP contribution >= 0.6 is 0 Å². The van der Waals surface area contributed by atoms with Gasteiger partial charge >= 0.3 is 0 Å². The molecule has 0 amide bonds. The van der Waals surface area contributed by atoms with E-state index in [2.05, 4.69) is 22.5 Å². The fourth-order valence-electron chi connectivity index (χ4n) is 4.30. The van der Waals surface area contributed by atoms with Gasteiger partial charge in [0.2, 0.25) is 0 Å². The number of aryl methyl sites for hydroxylation is 1. The average molecular weight is 390 g/mol. The molecular weight excluding hydrogens is 367 g/mol. The summed E-state index contributed by atoms with van der Waals surface area (Å²) in [5.41, 5.74) is 3.81. The van der Waals surface area contributed by atoms with Crippen LogP contribution in [0.15, 0.2) is 54.6 Å². The molecule has 0 radical (unpaired) electrons. The highest BCUT2D eigenvalue weighted by atomic mass is 19.1. The second kappa shape index (κ2) is 7.12. The minimum atomic E-state index is -0.210. The lowest BCUT2D eigenvalue weighted by Gasteiger charge is -2.38. The van der Waals surface area contributed by atoms with Crippen molar-refractivity contribution in [3.63, 3.8) is 0 Å². The first-order valence-corrected chi connectivity index (χ1v) is 9.97. The zero-order chi connectivity index (χ0) is 19.8. The van der Waals surface area contributed by atoms with Crippen LogP contribution in [0.25, 0.3) is 16.6 Å². The molecule has 1 aliphatic rings. The summed E-state index contributed by atoms with van der Waals surface area (Å²) < 4.78 is 21.0. The maximum atomic E-state index is 13.5. The summed E-state index contributed by atoms with van der Waals surface area (Å²) in [6.07, 6.45) is 1.77. The monoisotopic (exact) mass is 390 g/mol. The van der Waals surface area contributed by atoms with Crippen LogP contribution in [0.5, 0.6) is 0 Å². The summed E-state index contributed by atoms with van der Waals surface area (Å²) in [4.78, 5) is 4.85. The number of benzene rings is 2. The van der Waals surface area contributed by atoms with Crippen LogP contribution in [0.1, 0.15) is 24.1 Å². The predicted molar refractivity (Wildman–Crippen MR) is 112 cm³/mol. The van der Waals surface area contributed by atoms with Gasteiger partial charge in [-0.1, -0.05) is 24.3 Å². The zero-order valence-corrected chi connectivity index (χ0v) is 16.4. The predicted octanol–water partition coefficient (Wildman–Crippen LogP) is 4.49. The van der Waals surface area contributed by atoms with Crippen molar-refractivity contribution in [3.8, 4) is 0 Å². The number of halogens is 1. The smallest absolute Gasteiger partial charge is 0.158 e. The molecule has 1 fully saturated rings. The lowest BCUT2D eigenvalue weighted by atomic mass is 9.74. The molecular formula is C23H23FN4O. The van der Waals surface area contributed by atoms with Gasteiger partial charge in [-0.05, 0) is 49.6 Å². The number of ether oxygens (including phenoxy) is 1. The molecule has 0 saturated carbocycles. The Morgan fingerprint density at radius 1 is 1.10 bits per heavy atom. The number of hydrogen-bond donors (Lipinski definition) is 1. The molecule has 1 aliphatic heterocycles. The summed E-state index contributed by atoms with van der Waals surface area (Å²) in [6.45, 7) is 4.09. The van der Waals surface area contributed by atoms with Gasteiger partial charge in [0, 0.05) is 36.6 Å². The molecule has 0 bridgehead atoms. The van der Waals surface area contributed by atoms with Crippen LogP contribution in [-0.2, 0) is 10.2 Å². The molecule has 3 heterocycles. The second-order valence-corrected chi connectivity index (χ2v) is 7.79. The van der Waals surface area contributed by atoms with E-state index in [0.717, 1.165) is 46.5 Å². The number of aromatic nitrogens is 3. The van der Waals surface area contributed by atoms with E-state index in [-0.39, 0.29) is 11.2 Å². The number of rotatable bonds is 4. The Morgan fingerprint density at radius 3 is 2.66 bits per heavy atom. The Hall–Kier alpha value is -2.99. The van der Waals surface area contributed by atoms with Crippen LogP contribution in [0.4, 0.5) is 10.2 Å². The van der Waals surface area contributed by atoms with Crippen LogP contribution < -0.4 is 5.32 Å². The van der Waals surface area contributed by atoms with E-state index in [1.807, 2.05) is 41.8 Å². The normalized spacial score (nSPS) is 16.3. The molecule has 148 valence electrons. The first-order chi connectivity index (χ1) is 14.1. The molecule has 5 rings (SSSR count). The number of hydrogen-bond acceptors (Lipinski definition) is 4. The number of fused-ring (bicyclic) bond motifs is 3. The number of anilines is 1. The Morgan fingerprint density at radius 2 is 1.86 bits per heavy atom. The molecule has 1 saturated heterocycles. The Kier molecular flexibility index (Phi) is 4.43. The Bertz CT molecular complexity index is 1160. The molecule has 0 unspecified atom stereocenters. The first-order valence-electron chi connectivity index (χ1n) is 9.97. The van der Waals surface area contributed by atoms with Gasteiger partial charge in [0.05, 0.1) is 11.2 Å². The highest BCUT2D eigenvalue weighted by molar-refractivity contribution is 5.91. The first kappa shape index (κ1) is 18.1. The third-order valence-corrected chi connectivity index (χ3v) is 5.93. The van der Waals surface area contributed by atoms with Crippen LogP contribution in [0.3, 0.4) is 0 Å². The fraction of sp³-hybridized carbons (Fsp3) is 0.304. The molecule has 0 spiro atoms. The Labute approximate surface area is 168 Å². The second-order valence-electron chi connectivity index (χ2n) is 7.79. The van der Waals surface area contributed by atoms with E-state index in [1.165, 1.54) is 0 Å². The molecule has 6 heteroatoms. The maximum Gasteiger partial charge on any atom is 0.158 e. The molecule has 0 aliphatic carbocycles. The largest absolute Gasteiger partial charge is 0.381 e. The highest BCUT2D eigenvalue weighted by Crippen LogP contribution is 2.36. The van der Waals surface area contributed by atoms with Gasteiger partial charge in [-0.15, -0.1) is 0 Å². The lowest BCUT2D eigenvalue weighted by molar-refractivity contribution is 0.0543. The molecule has 29 heavy (non-hydrogen) atoms. The van der Waals surface area contributed by atoms with Crippen molar-refractivity contribution in [1.29, 1.82) is 0 Å². The van der Waals surface area contributed by atoms with Crippen molar-refractivity contribution in [1.82, 2.24) is 14.6 Å². The lowest BCUT2D eigenvalue weighted by Crippen LogP contribution is -2.40. The maximum absolute atomic E-state index is 13.5. The third kappa shape index (κ3) is 3.23. The molecule has 1 N–H and O–H groups in total. The van der Waals surface area contributed by atoms with E-state index in [0.29, 0.717) is 19.8 Å². The summed E-state index contributed by atoms with van der Waals surface area (Å²) in [5.74, 6) is 0.638. The van der Waals surface area contributed by atoms with Gasteiger partial charge in [0.15, 0.2) is 5.65 Å². The highest BCUT2D eigenvalue weighted by Gasteiger charge is 2.34. The van der Waals surface area contributed by atoms with E-state index in [9.17, 15) is 4.39 Å². The summed E-state index contributed by atoms with van der Waals surface area (Å²) in [6, 6.07) is 17.0. The molecule has 2 aromatic heterocycles. The fourth-order valence-corrected chi connectivity index (χ4v) is 4.30. The molecule has 2 aromatic carbocycles. The third-order valence-electron chi connectivity index (χ3n) is 5.93. The quantitative estimate of drug-likeness (QED) is 0.558. The van der Waals surface area contributed by atoms with E-state index >= 15 is 0 Å². The van der Waals surface area contributed by atoms with Crippen molar-refractivity contribution in [2.45, 2.75) is 25.2 Å². The van der Waals surface area contributed by atoms with Crippen LogP contribution in [-0.4, -0.2) is 34.4 Å². The topological polar surface area (TPSA) is 51.5 Å². The minimum absolute atomic E-state index is 0.114. The van der Waals surface area contributed by atoms with E-state index < -0.39 is 0 Å². The van der Waals surface area contributed by atoms with Crippen molar-refractivity contribution in [2.75, 3.05) is 25.1 Å². The zero-order valence-electron chi connectivity index (χ0n) is 16.4. The summed E-state index contributed by atoms with van der Waals surface area (Å²) >= 11 is 0. The molecule has 5 nitrogen and oxygen atoms in total. The number of nitrogens with one attached hydrogen (secondary N) is 1. The van der Waals surface area contributed by atoms with Crippen molar-refractivity contribution >= 4 is 22.4 Å². The van der Waals surface area contributed by atoms with Gasteiger partial charge < -0.3 is 10.1 Å². The van der Waals surface area contributed by atoms with Gasteiger partial charge in [-0.3, -0.25) is 0 Å². The van der Waals surface area contributed by atoms with E-state index in [4.69, 9.17) is 9.72 Å². The van der Waals surface area contributed by atoms with Crippen molar-refractivity contribution < 1.29 is 9.13 Å².